The van der Waals surface area contributed by atoms with Crippen LogP contribution >= 0.6 is 0 Å². The van der Waals surface area contributed by atoms with Gasteiger partial charge in [-0.1, -0.05) is 0 Å². The van der Waals surface area contributed by atoms with E-state index in [4.69, 9.17) is 19.5 Å². The third-order valence-corrected chi connectivity index (χ3v) is 2.43. The van der Waals surface area contributed by atoms with Crippen molar-refractivity contribution in [3.05, 3.63) is 47.5 Å². The summed E-state index contributed by atoms with van der Waals surface area (Å²) < 4.78 is 61.6. The molecule has 2 rings (SSSR count). The summed E-state index contributed by atoms with van der Waals surface area (Å²) in [6, 6.07) is 2.83. The Labute approximate surface area is 116 Å². The van der Waals surface area contributed by atoms with E-state index in [1.165, 1.54) is 0 Å². The first-order chi connectivity index (χ1) is 9.88. The van der Waals surface area contributed by atoms with E-state index in [1.54, 1.807) is 0 Å². The number of aromatic hydroxyl groups is 2. The monoisotopic (exact) mass is 302 g/mol. The Bertz CT molecular complexity index is 577. The maximum atomic E-state index is 13.0. The Morgan fingerprint density at radius 2 is 0.952 bits per heavy atom. The molecule has 0 heterocycles. The predicted octanol–water partition coefficient (Wildman–Crippen LogP) is 2.38. The Hall–Kier alpha value is -2.58. The summed E-state index contributed by atoms with van der Waals surface area (Å²) in [4.78, 5) is 0. The zero-order valence-electron chi connectivity index (χ0n) is 10.2. The lowest BCUT2D eigenvalue weighted by Gasteiger charge is -2.09. The Morgan fingerprint density at radius 1 is 0.667 bits per heavy atom. The van der Waals surface area contributed by atoms with Crippen molar-refractivity contribution in [3.63, 3.8) is 0 Å². The highest BCUT2D eigenvalue weighted by Gasteiger charge is 2.13. The molecule has 0 saturated heterocycles. The van der Waals surface area contributed by atoms with Crippen molar-refractivity contribution < 1.29 is 37.1 Å². The van der Waals surface area contributed by atoms with E-state index in [1.807, 2.05) is 0 Å². The van der Waals surface area contributed by atoms with Gasteiger partial charge in [0, 0.05) is 24.3 Å². The van der Waals surface area contributed by atoms with Gasteiger partial charge in [0.05, 0.1) is 0 Å². The molecule has 0 atom stereocenters. The van der Waals surface area contributed by atoms with Gasteiger partial charge in [0.25, 0.3) is 0 Å². The fourth-order valence-electron chi connectivity index (χ4n) is 1.42. The van der Waals surface area contributed by atoms with Crippen LogP contribution in [0.2, 0.25) is 0 Å². The summed E-state index contributed by atoms with van der Waals surface area (Å²) in [7, 11) is -0.604. The lowest BCUT2D eigenvalue weighted by molar-refractivity contribution is 0.384. The third kappa shape index (κ3) is 3.30. The molecular formula is C12H7BF4O4. The molecule has 2 aromatic carbocycles. The smallest absolute Gasteiger partial charge is 0.528 e. The molecule has 0 radical (unpaired) electrons. The van der Waals surface area contributed by atoms with Gasteiger partial charge >= 0.3 is 7.69 Å². The highest BCUT2D eigenvalue weighted by atomic mass is 19.1. The second-order valence-corrected chi connectivity index (χ2v) is 3.88. The molecule has 0 saturated carbocycles. The van der Waals surface area contributed by atoms with Gasteiger partial charge in [-0.3, -0.25) is 0 Å². The number of phenolic OH excluding ortho intramolecular Hbond substituents is 2. The standard InChI is InChI=1S/C12H7BF4O4/c14-7-1-5(2-8(15)11(7)18)20-13-21-6-3-9(16)12(19)10(17)4-6/h1-4,13,18-19H. The second kappa shape index (κ2) is 5.82. The minimum Gasteiger partial charge on any atom is -0.528 e. The summed E-state index contributed by atoms with van der Waals surface area (Å²) in [5.41, 5.74) is 0. The van der Waals surface area contributed by atoms with E-state index in [0.717, 1.165) is 0 Å². The van der Waals surface area contributed by atoms with E-state index in [0.29, 0.717) is 24.3 Å². The van der Waals surface area contributed by atoms with Crippen LogP contribution in [0.4, 0.5) is 17.6 Å². The molecule has 21 heavy (non-hydrogen) atoms. The molecule has 0 aliphatic rings. The maximum Gasteiger partial charge on any atom is 0.576 e. The SMILES string of the molecule is Oc1c(F)cc(OBOc2cc(F)c(O)c(F)c2)cc1F. The van der Waals surface area contributed by atoms with E-state index in [2.05, 4.69) is 0 Å². The Kier molecular flexibility index (Phi) is 4.11. The highest BCUT2D eigenvalue weighted by Crippen LogP contribution is 2.27. The van der Waals surface area contributed by atoms with Gasteiger partial charge in [-0.2, -0.15) is 0 Å². The van der Waals surface area contributed by atoms with Crippen LogP contribution in [0.3, 0.4) is 0 Å². The quantitative estimate of drug-likeness (QED) is 0.672. The average Bonchev–Trinajstić information content (AvgIpc) is 2.42. The van der Waals surface area contributed by atoms with Crippen molar-refractivity contribution in [2.24, 2.45) is 0 Å². The molecule has 0 unspecified atom stereocenters. The topological polar surface area (TPSA) is 58.9 Å². The molecule has 110 valence electrons. The molecule has 0 aromatic heterocycles. The molecule has 0 spiro atoms. The molecule has 4 nitrogen and oxygen atoms in total. The lowest BCUT2D eigenvalue weighted by Crippen LogP contribution is -2.11. The Balaban J connectivity index is 2.02. The van der Waals surface area contributed by atoms with Crippen molar-refractivity contribution >= 4 is 7.69 Å². The molecular weight excluding hydrogens is 295 g/mol. The van der Waals surface area contributed by atoms with Crippen molar-refractivity contribution in [2.75, 3.05) is 0 Å². The largest absolute Gasteiger partial charge is 0.576 e. The molecule has 0 amide bonds. The van der Waals surface area contributed by atoms with E-state index < -0.39 is 42.5 Å². The lowest BCUT2D eigenvalue weighted by atomic mass is 10.2. The summed E-state index contributed by atoms with van der Waals surface area (Å²) in [5.74, 6) is -7.79. The van der Waals surface area contributed by atoms with Crippen LogP contribution in [-0.2, 0) is 0 Å². The fraction of sp³-hybridized carbons (Fsp3) is 0. The third-order valence-electron chi connectivity index (χ3n) is 2.43. The van der Waals surface area contributed by atoms with Gasteiger partial charge in [-0.15, -0.1) is 0 Å². The average molecular weight is 302 g/mol. The molecule has 0 bridgehead atoms. The van der Waals surface area contributed by atoms with Crippen molar-refractivity contribution in [3.8, 4) is 23.0 Å². The zero-order chi connectivity index (χ0) is 15.6. The van der Waals surface area contributed by atoms with Crippen molar-refractivity contribution in [2.45, 2.75) is 0 Å². The number of benzene rings is 2. The highest BCUT2D eigenvalue weighted by molar-refractivity contribution is 6.20. The maximum absolute atomic E-state index is 13.0. The Morgan fingerprint density at radius 3 is 1.24 bits per heavy atom. The van der Waals surface area contributed by atoms with Crippen LogP contribution in [0, 0.1) is 23.3 Å². The zero-order valence-corrected chi connectivity index (χ0v) is 10.2. The molecule has 0 aliphatic heterocycles. The van der Waals surface area contributed by atoms with Gasteiger partial charge in [0.2, 0.25) is 0 Å². The summed E-state index contributed by atoms with van der Waals surface area (Å²) in [6.45, 7) is 0. The summed E-state index contributed by atoms with van der Waals surface area (Å²) in [5, 5.41) is 17.8. The van der Waals surface area contributed by atoms with Gasteiger partial charge in [0.1, 0.15) is 11.5 Å². The van der Waals surface area contributed by atoms with Crippen molar-refractivity contribution in [1.82, 2.24) is 0 Å². The van der Waals surface area contributed by atoms with Gasteiger partial charge in [-0.05, 0) is 0 Å². The second-order valence-electron chi connectivity index (χ2n) is 3.88. The molecule has 0 aliphatic carbocycles. The minimum absolute atomic E-state index is 0.289. The minimum atomic E-state index is -1.23. The van der Waals surface area contributed by atoms with E-state index >= 15 is 0 Å². The number of hydrogen-bond acceptors (Lipinski definition) is 4. The number of phenols is 2. The first kappa shape index (κ1) is 14.8. The normalized spacial score (nSPS) is 10.3. The number of hydrogen-bond donors (Lipinski definition) is 2. The van der Waals surface area contributed by atoms with Crippen LogP contribution in [0.25, 0.3) is 0 Å². The molecule has 2 aromatic rings. The van der Waals surface area contributed by atoms with Crippen LogP contribution in [0.15, 0.2) is 24.3 Å². The summed E-state index contributed by atoms with van der Waals surface area (Å²) >= 11 is 0. The van der Waals surface area contributed by atoms with Crippen LogP contribution in [0.5, 0.6) is 23.0 Å². The fourth-order valence-corrected chi connectivity index (χ4v) is 1.42. The first-order valence-electron chi connectivity index (χ1n) is 5.50. The van der Waals surface area contributed by atoms with Crippen LogP contribution in [0.1, 0.15) is 0 Å². The van der Waals surface area contributed by atoms with Crippen LogP contribution in [-0.4, -0.2) is 17.9 Å². The summed E-state index contributed by atoms with van der Waals surface area (Å²) in [6.07, 6.45) is 0. The first-order valence-corrected chi connectivity index (χ1v) is 5.50. The predicted molar refractivity (Wildman–Crippen MR) is 64.5 cm³/mol. The van der Waals surface area contributed by atoms with Crippen LogP contribution < -0.4 is 9.31 Å². The number of rotatable bonds is 4. The number of halogens is 4. The van der Waals surface area contributed by atoms with Crippen molar-refractivity contribution in [1.29, 1.82) is 0 Å². The molecule has 0 fully saturated rings. The van der Waals surface area contributed by atoms with E-state index in [-0.39, 0.29) is 11.5 Å². The molecule has 9 heteroatoms. The molecule has 2 N–H and O–H groups in total. The van der Waals surface area contributed by atoms with Gasteiger partial charge in [-0.25, -0.2) is 17.6 Å². The van der Waals surface area contributed by atoms with Gasteiger partial charge in [0.15, 0.2) is 34.8 Å². The van der Waals surface area contributed by atoms with E-state index in [9.17, 15) is 17.6 Å². The van der Waals surface area contributed by atoms with Gasteiger partial charge < -0.3 is 19.5 Å².